The molecule has 6 nitrogen and oxygen atoms in total. The van der Waals surface area contributed by atoms with Crippen molar-refractivity contribution in [3.05, 3.63) is 58.0 Å². The fraction of sp³-hybridized carbons (Fsp3) is 0.222. The first kappa shape index (κ1) is 17.3. The van der Waals surface area contributed by atoms with Gasteiger partial charge >= 0.3 is 11.9 Å². The number of benzene rings is 1. The van der Waals surface area contributed by atoms with Crippen LogP contribution in [0.25, 0.3) is 11.3 Å². The normalized spacial score (nSPS) is 16.6. The van der Waals surface area contributed by atoms with Crippen molar-refractivity contribution >= 4 is 27.9 Å². The number of allylic oxidation sites excluding steroid dienone is 2. The second-order valence-electron chi connectivity index (χ2n) is 5.75. The molecule has 0 amide bonds. The van der Waals surface area contributed by atoms with Crippen molar-refractivity contribution in [1.29, 1.82) is 0 Å². The molecule has 7 heteroatoms. The Balaban J connectivity index is 2.23. The maximum Gasteiger partial charge on any atom is 0.355 e. The molecule has 1 aromatic heterocycles. The zero-order valence-corrected chi connectivity index (χ0v) is 14.7. The van der Waals surface area contributed by atoms with E-state index >= 15 is 0 Å². The lowest BCUT2D eigenvalue weighted by Gasteiger charge is -2.19. The molecule has 1 unspecified atom stereocenters. The van der Waals surface area contributed by atoms with Crippen molar-refractivity contribution < 1.29 is 19.8 Å². The number of halogens is 1. The second kappa shape index (κ2) is 7.14. The Morgan fingerprint density at radius 3 is 2.32 bits per heavy atom. The lowest BCUT2D eigenvalue weighted by atomic mass is 9.93. The summed E-state index contributed by atoms with van der Waals surface area (Å²) in [5, 5.41) is 19.0. The van der Waals surface area contributed by atoms with Crippen LogP contribution in [0.5, 0.6) is 0 Å². The van der Waals surface area contributed by atoms with Crippen LogP contribution in [-0.4, -0.2) is 32.1 Å². The molecule has 1 aromatic carbocycles. The molecule has 1 aliphatic carbocycles. The summed E-state index contributed by atoms with van der Waals surface area (Å²) in [5.41, 5.74) is -0.176. The summed E-state index contributed by atoms with van der Waals surface area (Å²) in [6.45, 7) is 0. The van der Waals surface area contributed by atoms with E-state index in [4.69, 9.17) is 0 Å². The molecule has 1 heterocycles. The van der Waals surface area contributed by atoms with E-state index < -0.39 is 17.6 Å². The molecular weight excluding hydrogens is 388 g/mol. The maximum absolute atomic E-state index is 11.7. The SMILES string of the molecule is O=C(O)c1nc(C2CC=CCC2)nc(-c2ccc(Br)cc2)c1C(=O)O. The lowest BCUT2D eigenvalue weighted by Crippen LogP contribution is -2.18. The maximum atomic E-state index is 11.7. The van der Waals surface area contributed by atoms with E-state index in [0.29, 0.717) is 17.8 Å². The van der Waals surface area contributed by atoms with Crippen LogP contribution in [0, 0.1) is 0 Å². The summed E-state index contributed by atoms with van der Waals surface area (Å²) in [5.74, 6) is -2.36. The average molecular weight is 403 g/mol. The number of carboxylic acids is 2. The van der Waals surface area contributed by atoms with E-state index in [1.165, 1.54) is 0 Å². The summed E-state index contributed by atoms with van der Waals surface area (Å²) in [6.07, 6.45) is 6.47. The third-order valence-electron chi connectivity index (χ3n) is 4.09. The molecule has 128 valence electrons. The minimum Gasteiger partial charge on any atom is -0.478 e. The van der Waals surface area contributed by atoms with Crippen LogP contribution in [0.3, 0.4) is 0 Å². The molecule has 0 radical (unpaired) electrons. The van der Waals surface area contributed by atoms with E-state index in [1.54, 1.807) is 24.3 Å². The molecule has 2 aromatic rings. The Bertz CT molecular complexity index is 862. The monoisotopic (exact) mass is 402 g/mol. The van der Waals surface area contributed by atoms with Crippen LogP contribution in [0.1, 0.15) is 51.9 Å². The van der Waals surface area contributed by atoms with Gasteiger partial charge in [-0.1, -0.05) is 40.2 Å². The number of aromatic nitrogens is 2. The van der Waals surface area contributed by atoms with Crippen LogP contribution in [0.15, 0.2) is 40.9 Å². The second-order valence-corrected chi connectivity index (χ2v) is 6.67. The largest absolute Gasteiger partial charge is 0.478 e. The minimum absolute atomic E-state index is 0.0138. The van der Waals surface area contributed by atoms with Gasteiger partial charge in [0.1, 0.15) is 11.4 Å². The van der Waals surface area contributed by atoms with Crippen molar-refractivity contribution in [2.24, 2.45) is 0 Å². The Morgan fingerprint density at radius 2 is 1.76 bits per heavy atom. The van der Waals surface area contributed by atoms with Crippen molar-refractivity contribution in [2.45, 2.75) is 25.2 Å². The molecule has 3 rings (SSSR count). The van der Waals surface area contributed by atoms with Crippen molar-refractivity contribution in [1.82, 2.24) is 9.97 Å². The first-order valence-corrected chi connectivity index (χ1v) is 8.56. The molecule has 0 aliphatic heterocycles. The van der Waals surface area contributed by atoms with Gasteiger partial charge in [-0.3, -0.25) is 0 Å². The first-order valence-electron chi connectivity index (χ1n) is 7.77. The molecule has 25 heavy (non-hydrogen) atoms. The van der Waals surface area contributed by atoms with Crippen molar-refractivity contribution in [2.75, 3.05) is 0 Å². The van der Waals surface area contributed by atoms with Crippen LogP contribution in [0.4, 0.5) is 0 Å². The van der Waals surface area contributed by atoms with Crippen LogP contribution >= 0.6 is 15.9 Å². The van der Waals surface area contributed by atoms with Crippen molar-refractivity contribution in [3.63, 3.8) is 0 Å². The standard InChI is InChI=1S/C18H15BrN2O4/c19-12-8-6-10(7-9-12)14-13(17(22)23)15(18(24)25)21-16(20-14)11-4-2-1-3-5-11/h1-2,6-9,11H,3-5H2,(H,22,23)(H,24,25). The molecule has 0 saturated heterocycles. The zero-order valence-electron chi connectivity index (χ0n) is 13.1. The van der Waals surface area contributed by atoms with E-state index in [9.17, 15) is 19.8 Å². The molecular formula is C18H15BrN2O4. The molecule has 0 saturated carbocycles. The van der Waals surface area contributed by atoms with Crippen LogP contribution in [0.2, 0.25) is 0 Å². The molecule has 0 bridgehead atoms. The highest BCUT2D eigenvalue weighted by atomic mass is 79.9. The number of aromatic carboxylic acids is 2. The quantitative estimate of drug-likeness (QED) is 0.745. The smallest absolute Gasteiger partial charge is 0.355 e. The number of hydrogen-bond acceptors (Lipinski definition) is 4. The van der Waals surface area contributed by atoms with Crippen LogP contribution < -0.4 is 0 Å². The number of carbonyl (C=O) groups is 2. The fourth-order valence-corrected chi connectivity index (χ4v) is 3.13. The first-order chi connectivity index (χ1) is 12.0. The predicted molar refractivity (Wildman–Crippen MR) is 94.8 cm³/mol. The van der Waals surface area contributed by atoms with Gasteiger partial charge in [0.15, 0.2) is 5.69 Å². The van der Waals surface area contributed by atoms with Gasteiger partial charge in [-0.05, 0) is 31.4 Å². The van der Waals surface area contributed by atoms with Crippen molar-refractivity contribution in [3.8, 4) is 11.3 Å². The fourth-order valence-electron chi connectivity index (χ4n) is 2.86. The third kappa shape index (κ3) is 3.61. The Morgan fingerprint density at radius 1 is 1.04 bits per heavy atom. The summed E-state index contributed by atoms with van der Waals surface area (Å²) < 4.78 is 0.832. The van der Waals surface area contributed by atoms with Crippen LogP contribution in [-0.2, 0) is 0 Å². The highest BCUT2D eigenvalue weighted by Crippen LogP contribution is 2.31. The van der Waals surface area contributed by atoms with Gasteiger partial charge in [0.25, 0.3) is 0 Å². The molecule has 0 fully saturated rings. The average Bonchev–Trinajstić information content (AvgIpc) is 2.61. The van der Waals surface area contributed by atoms with E-state index in [2.05, 4.69) is 32.0 Å². The van der Waals surface area contributed by atoms with E-state index in [-0.39, 0.29) is 17.2 Å². The molecule has 2 N–H and O–H groups in total. The number of hydrogen-bond donors (Lipinski definition) is 2. The Hall–Kier alpha value is -2.54. The topological polar surface area (TPSA) is 100 Å². The van der Waals surface area contributed by atoms with E-state index in [1.807, 2.05) is 6.08 Å². The number of rotatable bonds is 4. The minimum atomic E-state index is -1.37. The number of nitrogens with zero attached hydrogens (tertiary/aromatic N) is 2. The molecule has 0 spiro atoms. The third-order valence-corrected chi connectivity index (χ3v) is 4.62. The molecule has 1 aliphatic rings. The van der Waals surface area contributed by atoms with Gasteiger partial charge in [0.2, 0.25) is 0 Å². The predicted octanol–water partition coefficient (Wildman–Crippen LogP) is 4.13. The van der Waals surface area contributed by atoms with Gasteiger partial charge in [-0.25, -0.2) is 19.6 Å². The summed E-state index contributed by atoms with van der Waals surface area (Å²) in [7, 11) is 0. The van der Waals surface area contributed by atoms with Gasteiger partial charge in [-0.2, -0.15) is 0 Å². The summed E-state index contributed by atoms with van der Waals surface area (Å²) >= 11 is 3.33. The molecule has 1 atom stereocenters. The highest BCUT2D eigenvalue weighted by Gasteiger charge is 2.28. The summed E-state index contributed by atoms with van der Waals surface area (Å²) in [6, 6.07) is 6.92. The Kier molecular flexibility index (Phi) is 4.94. The zero-order chi connectivity index (χ0) is 18.0. The van der Waals surface area contributed by atoms with Gasteiger partial charge < -0.3 is 10.2 Å². The van der Waals surface area contributed by atoms with Gasteiger partial charge in [-0.15, -0.1) is 0 Å². The van der Waals surface area contributed by atoms with E-state index in [0.717, 1.165) is 17.3 Å². The Labute approximate surface area is 152 Å². The van der Waals surface area contributed by atoms with Gasteiger partial charge in [0.05, 0.1) is 5.69 Å². The highest BCUT2D eigenvalue weighted by molar-refractivity contribution is 9.10. The summed E-state index contributed by atoms with van der Waals surface area (Å²) in [4.78, 5) is 31.9. The van der Waals surface area contributed by atoms with Gasteiger partial charge in [0, 0.05) is 16.0 Å². The number of carboxylic acid groups (broad SMARTS) is 2. The lowest BCUT2D eigenvalue weighted by molar-refractivity contribution is 0.0646.